The van der Waals surface area contributed by atoms with Crippen LogP contribution in [0.15, 0.2) is 60.8 Å². The van der Waals surface area contributed by atoms with Gasteiger partial charge < -0.3 is 4.90 Å². The molecule has 3 aromatic rings. The number of rotatable bonds is 5. The fourth-order valence-electron chi connectivity index (χ4n) is 4.79. The number of carbonyl (C=O) groups is 1. The molecule has 0 aliphatic carbocycles. The first-order chi connectivity index (χ1) is 16.4. The molecule has 0 saturated carbocycles. The molecule has 0 N–H and O–H groups in total. The molecule has 2 aliphatic rings. The third kappa shape index (κ3) is 4.89. The van der Waals surface area contributed by atoms with Crippen LogP contribution in [0.1, 0.15) is 22.3 Å². The summed E-state index contributed by atoms with van der Waals surface area (Å²) in [6, 6.07) is 17.4. The molecule has 3 heterocycles. The highest BCUT2D eigenvalue weighted by atomic mass is 35.5. The van der Waals surface area contributed by atoms with Crippen molar-refractivity contribution in [3.8, 4) is 11.3 Å². The molecule has 34 heavy (non-hydrogen) atoms. The number of piperazine rings is 1. The maximum atomic E-state index is 13.6. The van der Waals surface area contributed by atoms with Crippen LogP contribution in [0.4, 0.5) is 0 Å². The third-order valence-corrected chi connectivity index (χ3v) is 8.77. The smallest absolute Gasteiger partial charge is 0.257 e. The van der Waals surface area contributed by atoms with E-state index in [1.54, 1.807) is 4.68 Å². The van der Waals surface area contributed by atoms with Crippen molar-refractivity contribution in [3.05, 3.63) is 76.9 Å². The van der Waals surface area contributed by atoms with Gasteiger partial charge in [-0.05, 0) is 18.1 Å². The zero-order valence-electron chi connectivity index (χ0n) is 18.8. The van der Waals surface area contributed by atoms with Gasteiger partial charge in [0.1, 0.15) is 5.69 Å². The Labute approximate surface area is 204 Å². The molecule has 5 rings (SSSR count). The minimum atomic E-state index is -2.92. The second kappa shape index (κ2) is 9.52. The zero-order chi connectivity index (χ0) is 23.7. The van der Waals surface area contributed by atoms with E-state index in [-0.39, 0.29) is 23.5 Å². The Kier molecular flexibility index (Phi) is 6.46. The van der Waals surface area contributed by atoms with E-state index < -0.39 is 9.84 Å². The van der Waals surface area contributed by atoms with Crippen LogP contribution in [0, 0.1) is 0 Å². The summed E-state index contributed by atoms with van der Waals surface area (Å²) in [5.41, 5.74) is 3.04. The van der Waals surface area contributed by atoms with Gasteiger partial charge in [0.05, 0.1) is 23.6 Å². The highest BCUT2D eigenvalue weighted by Gasteiger charge is 2.35. The van der Waals surface area contributed by atoms with Gasteiger partial charge in [0.2, 0.25) is 0 Å². The number of amides is 1. The number of aromatic nitrogens is 2. The van der Waals surface area contributed by atoms with Gasteiger partial charge in [0.15, 0.2) is 9.84 Å². The topological polar surface area (TPSA) is 75.5 Å². The summed E-state index contributed by atoms with van der Waals surface area (Å²) in [7, 11) is -2.92. The van der Waals surface area contributed by atoms with Crippen molar-refractivity contribution >= 4 is 27.3 Å². The summed E-state index contributed by atoms with van der Waals surface area (Å²) >= 11 is 6.35. The number of carbonyl (C=O) groups excluding carboxylic acids is 1. The van der Waals surface area contributed by atoms with E-state index in [4.69, 9.17) is 16.7 Å². The average Bonchev–Trinajstić information content (AvgIpc) is 3.44. The van der Waals surface area contributed by atoms with Crippen LogP contribution in [0.2, 0.25) is 5.02 Å². The number of benzene rings is 2. The van der Waals surface area contributed by atoms with Crippen molar-refractivity contribution in [3.63, 3.8) is 0 Å². The Balaban J connectivity index is 1.36. The SMILES string of the molecule is O=C(c1cn(Cc2ccccc2Cl)nc1-c1ccccc1)N1CCN([C@H]2CCS(=O)(=O)C2)CC1. The van der Waals surface area contributed by atoms with Crippen LogP contribution in [0.25, 0.3) is 11.3 Å². The molecule has 2 aromatic carbocycles. The predicted octanol–water partition coefficient (Wildman–Crippen LogP) is 3.20. The van der Waals surface area contributed by atoms with Crippen molar-refractivity contribution in [1.82, 2.24) is 19.6 Å². The Morgan fingerprint density at radius 2 is 1.71 bits per heavy atom. The lowest BCUT2D eigenvalue weighted by Crippen LogP contribution is -2.52. The van der Waals surface area contributed by atoms with E-state index in [0.29, 0.717) is 55.4 Å². The normalized spacial score (nSPS) is 20.5. The van der Waals surface area contributed by atoms with Gasteiger partial charge in [-0.2, -0.15) is 5.10 Å². The first-order valence-corrected chi connectivity index (χ1v) is 13.7. The van der Waals surface area contributed by atoms with Crippen LogP contribution in [-0.4, -0.2) is 77.6 Å². The number of hydrogen-bond donors (Lipinski definition) is 0. The molecule has 1 amide bonds. The van der Waals surface area contributed by atoms with Gasteiger partial charge >= 0.3 is 0 Å². The molecule has 7 nitrogen and oxygen atoms in total. The number of hydrogen-bond acceptors (Lipinski definition) is 5. The molecule has 0 spiro atoms. The Morgan fingerprint density at radius 3 is 2.38 bits per heavy atom. The van der Waals surface area contributed by atoms with Crippen LogP contribution in [0.5, 0.6) is 0 Å². The summed E-state index contributed by atoms with van der Waals surface area (Å²) < 4.78 is 25.5. The van der Waals surface area contributed by atoms with Gasteiger partial charge in [-0.1, -0.05) is 60.1 Å². The average molecular weight is 499 g/mol. The second-order valence-electron chi connectivity index (χ2n) is 8.93. The lowest BCUT2D eigenvalue weighted by Gasteiger charge is -2.37. The van der Waals surface area contributed by atoms with Crippen molar-refractivity contribution in [2.24, 2.45) is 0 Å². The summed E-state index contributed by atoms with van der Waals surface area (Å²) in [4.78, 5) is 17.7. The minimum Gasteiger partial charge on any atom is -0.336 e. The molecule has 178 valence electrons. The molecule has 2 saturated heterocycles. The largest absolute Gasteiger partial charge is 0.336 e. The quantitative estimate of drug-likeness (QED) is 0.540. The maximum Gasteiger partial charge on any atom is 0.257 e. The minimum absolute atomic E-state index is 0.0528. The standard InChI is InChI=1S/C25H27ClN4O3S/c26-23-9-5-4-8-20(23)16-30-17-22(24(27-30)19-6-2-1-3-7-19)25(31)29-13-11-28(12-14-29)21-10-15-34(32,33)18-21/h1-9,17,21H,10-16,18H2/t21-/m0/s1. The Hall–Kier alpha value is -2.68. The lowest BCUT2D eigenvalue weighted by atomic mass is 10.1. The molecule has 9 heteroatoms. The Morgan fingerprint density at radius 1 is 1.00 bits per heavy atom. The van der Waals surface area contributed by atoms with Gasteiger partial charge in [-0.25, -0.2) is 8.42 Å². The van der Waals surface area contributed by atoms with Gasteiger partial charge in [0.25, 0.3) is 5.91 Å². The molecule has 0 radical (unpaired) electrons. The molecular formula is C25H27ClN4O3S. The summed E-state index contributed by atoms with van der Waals surface area (Å²) in [6.45, 7) is 2.97. The summed E-state index contributed by atoms with van der Waals surface area (Å²) in [5.74, 6) is 0.443. The Bertz CT molecular complexity index is 1280. The summed E-state index contributed by atoms with van der Waals surface area (Å²) in [5, 5.41) is 5.42. The molecule has 1 atom stereocenters. The van der Waals surface area contributed by atoms with Crippen molar-refractivity contribution in [2.75, 3.05) is 37.7 Å². The third-order valence-electron chi connectivity index (χ3n) is 6.66. The van der Waals surface area contributed by atoms with Gasteiger partial charge in [-0.15, -0.1) is 0 Å². The predicted molar refractivity (Wildman–Crippen MR) is 133 cm³/mol. The monoisotopic (exact) mass is 498 g/mol. The highest BCUT2D eigenvalue weighted by molar-refractivity contribution is 7.91. The van der Waals surface area contributed by atoms with Crippen molar-refractivity contribution in [2.45, 2.75) is 19.0 Å². The van der Waals surface area contributed by atoms with E-state index >= 15 is 0 Å². The van der Waals surface area contributed by atoms with E-state index in [0.717, 1.165) is 11.1 Å². The van der Waals surface area contributed by atoms with Crippen LogP contribution in [-0.2, 0) is 16.4 Å². The van der Waals surface area contributed by atoms with Crippen LogP contribution in [0.3, 0.4) is 0 Å². The number of nitrogens with zero attached hydrogens (tertiary/aromatic N) is 4. The van der Waals surface area contributed by atoms with Gasteiger partial charge in [0, 0.05) is 49.0 Å². The fraction of sp³-hybridized carbons (Fsp3) is 0.360. The van der Waals surface area contributed by atoms with E-state index in [2.05, 4.69) is 4.90 Å². The van der Waals surface area contributed by atoms with E-state index in [1.165, 1.54) is 0 Å². The fourth-order valence-corrected chi connectivity index (χ4v) is 6.75. The number of sulfone groups is 1. The van der Waals surface area contributed by atoms with Crippen molar-refractivity contribution < 1.29 is 13.2 Å². The first-order valence-electron chi connectivity index (χ1n) is 11.5. The second-order valence-corrected chi connectivity index (χ2v) is 11.6. The molecule has 1 aromatic heterocycles. The molecule has 0 unspecified atom stereocenters. The maximum absolute atomic E-state index is 13.6. The van der Waals surface area contributed by atoms with Crippen molar-refractivity contribution in [1.29, 1.82) is 0 Å². The molecule has 2 aliphatic heterocycles. The highest BCUT2D eigenvalue weighted by Crippen LogP contribution is 2.26. The summed E-state index contributed by atoms with van der Waals surface area (Å²) in [6.07, 6.45) is 2.49. The zero-order valence-corrected chi connectivity index (χ0v) is 20.4. The molecule has 2 fully saturated rings. The molecule has 0 bridgehead atoms. The number of halogens is 1. The van der Waals surface area contributed by atoms with Crippen LogP contribution < -0.4 is 0 Å². The van der Waals surface area contributed by atoms with E-state index in [1.807, 2.05) is 65.7 Å². The first kappa shape index (κ1) is 23.1. The molecular weight excluding hydrogens is 472 g/mol. The lowest BCUT2D eigenvalue weighted by molar-refractivity contribution is 0.0588. The van der Waals surface area contributed by atoms with Gasteiger partial charge in [-0.3, -0.25) is 14.4 Å². The van der Waals surface area contributed by atoms with Crippen LogP contribution >= 0.6 is 11.6 Å². The van der Waals surface area contributed by atoms with E-state index in [9.17, 15) is 13.2 Å².